The van der Waals surface area contributed by atoms with Crippen LogP contribution in [0.2, 0.25) is 0 Å². The molecule has 1 amide bonds. The number of ether oxygens (including phenoxy) is 1. The van der Waals surface area contributed by atoms with Crippen molar-refractivity contribution in [1.82, 2.24) is 4.90 Å². The third-order valence-electron chi connectivity index (χ3n) is 4.00. The first-order valence-corrected chi connectivity index (χ1v) is 7.18. The molecule has 110 valence electrons. The Morgan fingerprint density at radius 1 is 1.30 bits per heavy atom. The number of benzene rings is 1. The molecule has 1 aromatic rings. The molecular formula is C16H23NO3. The number of likely N-dealkylation sites (tertiary alicyclic amines) is 1. The molecule has 1 heterocycles. The van der Waals surface area contributed by atoms with Crippen LogP contribution in [0, 0.1) is 0 Å². The summed E-state index contributed by atoms with van der Waals surface area (Å²) in [6.45, 7) is 4.39. The highest BCUT2D eigenvalue weighted by atomic mass is 16.5. The molecule has 1 aromatic carbocycles. The lowest BCUT2D eigenvalue weighted by Gasteiger charge is -2.40. The van der Waals surface area contributed by atoms with E-state index in [9.17, 15) is 4.79 Å². The fourth-order valence-corrected chi connectivity index (χ4v) is 2.75. The molecular weight excluding hydrogens is 254 g/mol. The van der Waals surface area contributed by atoms with Gasteiger partial charge in [0.05, 0.1) is 19.8 Å². The first-order valence-electron chi connectivity index (χ1n) is 7.18. The topological polar surface area (TPSA) is 49.8 Å². The summed E-state index contributed by atoms with van der Waals surface area (Å²) in [5.74, 6) is 0.200. The van der Waals surface area contributed by atoms with E-state index >= 15 is 0 Å². The minimum atomic E-state index is 0.0200. The SMILES string of the molecule is CC1(c2ccccc2)CCC(=O)N(CCOCCO)C1. The van der Waals surface area contributed by atoms with Gasteiger partial charge in [-0.25, -0.2) is 0 Å². The molecule has 0 spiro atoms. The summed E-state index contributed by atoms with van der Waals surface area (Å²) < 4.78 is 5.26. The van der Waals surface area contributed by atoms with Gasteiger partial charge in [0, 0.05) is 24.9 Å². The number of amides is 1. The van der Waals surface area contributed by atoms with Crippen LogP contribution < -0.4 is 0 Å². The quantitative estimate of drug-likeness (QED) is 0.803. The summed E-state index contributed by atoms with van der Waals surface area (Å²) in [5.41, 5.74) is 1.31. The Hall–Kier alpha value is -1.39. The van der Waals surface area contributed by atoms with Crippen LogP contribution in [0.4, 0.5) is 0 Å². The molecule has 1 N–H and O–H groups in total. The summed E-state index contributed by atoms with van der Waals surface area (Å²) in [6.07, 6.45) is 1.48. The van der Waals surface area contributed by atoms with E-state index in [1.165, 1.54) is 5.56 Å². The number of carbonyl (C=O) groups excluding carboxylic acids is 1. The average molecular weight is 277 g/mol. The lowest BCUT2D eigenvalue weighted by Crippen LogP contribution is -2.48. The molecule has 1 aliphatic rings. The molecule has 1 unspecified atom stereocenters. The second-order valence-electron chi connectivity index (χ2n) is 5.58. The molecule has 20 heavy (non-hydrogen) atoms. The average Bonchev–Trinajstić information content (AvgIpc) is 2.48. The van der Waals surface area contributed by atoms with E-state index in [-0.39, 0.29) is 17.9 Å². The van der Waals surface area contributed by atoms with E-state index in [1.54, 1.807) is 0 Å². The summed E-state index contributed by atoms with van der Waals surface area (Å²) in [7, 11) is 0. The molecule has 2 rings (SSSR count). The lowest BCUT2D eigenvalue weighted by molar-refractivity contribution is -0.136. The number of nitrogens with zero attached hydrogens (tertiary/aromatic N) is 1. The Bertz CT molecular complexity index is 435. The smallest absolute Gasteiger partial charge is 0.222 e. The molecule has 1 saturated heterocycles. The molecule has 1 fully saturated rings. The molecule has 0 aromatic heterocycles. The zero-order valence-electron chi connectivity index (χ0n) is 12.0. The van der Waals surface area contributed by atoms with Gasteiger partial charge >= 0.3 is 0 Å². The van der Waals surface area contributed by atoms with Crippen molar-refractivity contribution in [3.05, 3.63) is 35.9 Å². The van der Waals surface area contributed by atoms with Crippen molar-refractivity contribution in [3.8, 4) is 0 Å². The Balaban J connectivity index is 1.98. The summed E-state index contributed by atoms with van der Waals surface area (Å²) in [5, 5.41) is 8.68. The Kier molecular flexibility index (Phi) is 5.15. The minimum absolute atomic E-state index is 0.0200. The number of hydrogen-bond acceptors (Lipinski definition) is 3. The molecule has 1 atom stereocenters. The highest BCUT2D eigenvalue weighted by molar-refractivity contribution is 5.77. The lowest BCUT2D eigenvalue weighted by atomic mass is 9.76. The normalized spacial score (nSPS) is 23.1. The predicted molar refractivity (Wildman–Crippen MR) is 77.5 cm³/mol. The molecule has 0 aliphatic carbocycles. The van der Waals surface area contributed by atoms with E-state index in [4.69, 9.17) is 9.84 Å². The zero-order valence-corrected chi connectivity index (χ0v) is 12.0. The monoisotopic (exact) mass is 277 g/mol. The zero-order chi connectivity index (χ0) is 14.4. The van der Waals surface area contributed by atoms with E-state index in [1.807, 2.05) is 23.1 Å². The van der Waals surface area contributed by atoms with Crippen LogP contribution in [0.1, 0.15) is 25.3 Å². The van der Waals surface area contributed by atoms with Gasteiger partial charge in [0.2, 0.25) is 5.91 Å². The highest BCUT2D eigenvalue weighted by Crippen LogP contribution is 2.33. The number of hydrogen-bond donors (Lipinski definition) is 1. The van der Waals surface area contributed by atoms with Crippen LogP contribution in [0.3, 0.4) is 0 Å². The van der Waals surface area contributed by atoms with Gasteiger partial charge in [0.25, 0.3) is 0 Å². The summed E-state index contributed by atoms with van der Waals surface area (Å²) in [4.78, 5) is 13.9. The fourth-order valence-electron chi connectivity index (χ4n) is 2.75. The summed E-state index contributed by atoms with van der Waals surface area (Å²) >= 11 is 0. The van der Waals surface area contributed by atoms with Gasteiger partial charge in [-0.15, -0.1) is 0 Å². The number of rotatable bonds is 6. The van der Waals surface area contributed by atoms with Gasteiger partial charge in [-0.05, 0) is 12.0 Å². The van der Waals surface area contributed by atoms with Crippen LogP contribution in [-0.2, 0) is 14.9 Å². The molecule has 1 aliphatic heterocycles. The Morgan fingerprint density at radius 2 is 2.05 bits per heavy atom. The molecule has 0 saturated carbocycles. The van der Waals surface area contributed by atoms with Crippen LogP contribution >= 0.6 is 0 Å². The highest BCUT2D eigenvalue weighted by Gasteiger charge is 2.35. The third kappa shape index (κ3) is 3.58. The molecule has 0 bridgehead atoms. The first kappa shape index (κ1) is 15.0. The van der Waals surface area contributed by atoms with Gasteiger partial charge in [-0.2, -0.15) is 0 Å². The summed E-state index contributed by atoms with van der Waals surface area (Å²) in [6, 6.07) is 10.4. The molecule has 4 nitrogen and oxygen atoms in total. The van der Waals surface area contributed by atoms with Crippen molar-refractivity contribution in [2.45, 2.75) is 25.2 Å². The standard InChI is InChI=1S/C16H23NO3/c1-16(14-5-3-2-4-6-14)8-7-15(19)17(13-16)9-11-20-12-10-18/h2-6,18H,7-13H2,1H3. The molecule has 0 radical (unpaired) electrons. The van der Waals surface area contributed by atoms with Gasteiger partial charge in [0.1, 0.15) is 0 Å². The van der Waals surface area contributed by atoms with Crippen molar-refractivity contribution in [1.29, 1.82) is 0 Å². The van der Waals surface area contributed by atoms with Crippen molar-refractivity contribution in [3.63, 3.8) is 0 Å². The van der Waals surface area contributed by atoms with E-state index in [0.717, 1.165) is 13.0 Å². The Labute approximate surface area is 120 Å². The van der Waals surface area contributed by atoms with Crippen LogP contribution in [-0.4, -0.2) is 48.8 Å². The van der Waals surface area contributed by atoms with Crippen LogP contribution in [0.25, 0.3) is 0 Å². The van der Waals surface area contributed by atoms with Gasteiger partial charge in [-0.3, -0.25) is 4.79 Å². The number of piperidine rings is 1. The van der Waals surface area contributed by atoms with E-state index in [2.05, 4.69) is 19.1 Å². The third-order valence-corrected chi connectivity index (χ3v) is 4.00. The molecule has 4 heteroatoms. The fraction of sp³-hybridized carbons (Fsp3) is 0.562. The Morgan fingerprint density at radius 3 is 2.75 bits per heavy atom. The number of aliphatic hydroxyl groups excluding tert-OH is 1. The maximum atomic E-state index is 12.0. The maximum absolute atomic E-state index is 12.0. The van der Waals surface area contributed by atoms with Gasteiger partial charge in [0.15, 0.2) is 0 Å². The predicted octanol–water partition coefficient (Wildman–Crippen LogP) is 1.58. The number of carbonyl (C=O) groups is 1. The van der Waals surface area contributed by atoms with Gasteiger partial charge < -0.3 is 14.7 Å². The van der Waals surface area contributed by atoms with Crippen molar-refractivity contribution >= 4 is 5.91 Å². The maximum Gasteiger partial charge on any atom is 0.222 e. The van der Waals surface area contributed by atoms with Crippen LogP contribution in [0.15, 0.2) is 30.3 Å². The van der Waals surface area contributed by atoms with E-state index in [0.29, 0.717) is 26.2 Å². The van der Waals surface area contributed by atoms with Crippen molar-refractivity contribution in [2.24, 2.45) is 0 Å². The van der Waals surface area contributed by atoms with Crippen LogP contribution in [0.5, 0.6) is 0 Å². The van der Waals surface area contributed by atoms with E-state index < -0.39 is 0 Å². The van der Waals surface area contributed by atoms with Gasteiger partial charge in [-0.1, -0.05) is 37.3 Å². The minimum Gasteiger partial charge on any atom is -0.394 e. The second kappa shape index (κ2) is 6.86. The second-order valence-corrected chi connectivity index (χ2v) is 5.58. The largest absolute Gasteiger partial charge is 0.394 e. The number of aliphatic hydroxyl groups is 1. The first-order chi connectivity index (χ1) is 9.65. The van der Waals surface area contributed by atoms with Crippen molar-refractivity contribution in [2.75, 3.05) is 32.9 Å². The van der Waals surface area contributed by atoms with Crippen molar-refractivity contribution < 1.29 is 14.6 Å².